The van der Waals surface area contributed by atoms with Crippen LogP contribution < -0.4 is 0 Å². The molecule has 0 aliphatic heterocycles. The van der Waals surface area contributed by atoms with Crippen LogP contribution in [0.25, 0.3) is 0 Å². The summed E-state index contributed by atoms with van der Waals surface area (Å²) in [6.45, 7) is 13.2. The van der Waals surface area contributed by atoms with Crippen LogP contribution in [-0.2, 0) is 18.4 Å². The van der Waals surface area contributed by atoms with Gasteiger partial charge in [-0.1, -0.05) is 0 Å². The average molecular weight is 278 g/mol. The third-order valence-corrected chi connectivity index (χ3v) is 3.92. The number of ether oxygens (including phenoxy) is 1. The highest BCUT2D eigenvalue weighted by Crippen LogP contribution is 2.13. The molecule has 0 saturated heterocycles. The van der Waals surface area contributed by atoms with Crippen LogP contribution in [0.5, 0.6) is 0 Å². The standard InChI is InChI=1S/C11H26O4Si2/c1-13-11(12)8-10(15-17(5,6)7)9-14-16(2,3)4/h10H,8-9H2,1-7H3. The van der Waals surface area contributed by atoms with Gasteiger partial charge in [0.05, 0.1) is 26.2 Å². The van der Waals surface area contributed by atoms with E-state index >= 15 is 0 Å². The molecule has 0 radical (unpaired) electrons. The van der Waals surface area contributed by atoms with E-state index in [0.29, 0.717) is 6.61 Å². The van der Waals surface area contributed by atoms with Crippen molar-refractivity contribution in [2.45, 2.75) is 51.8 Å². The minimum Gasteiger partial charge on any atom is -0.469 e. The lowest BCUT2D eigenvalue weighted by Crippen LogP contribution is -2.39. The van der Waals surface area contributed by atoms with Gasteiger partial charge >= 0.3 is 5.97 Å². The van der Waals surface area contributed by atoms with E-state index in [1.807, 2.05) is 0 Å². The molecule has 102 valence electrons. The predicted octanol–water partition coefficient (Wildman–Crippen LogP) is 2.62. The number of rotatable bonds is 7. The molecule has 4 nitrogen and oxygen atoms in total. The summed E-state index contributed by atoms with van der Waals surface area (Å²) in [5, 5.41) is 0. The Balaban J connectivity index is 4.36. The van der Waals surface area contributed by atoms with Crippen LogP contribution in [-0.4, -0.2) is 42.4 Å². The molecule has 0 saturated carbocycles. The second-order valence-electron chi connectivity index (χ2n) is 6.06. The van der Waals surface area contributed by atoms with Crippen LogP contribution in [0.15, 0.2) is 0 Å². The van der Waals surface area contributed by atoms with Crippen LogP contribution in [0.3, 0.4) is 0 Å². The molecule has 0 bridgehead atoms. The van der Waals surface area contributed by atoms with Crippen molar-refractivity contribution in [3.8, 4) is 0 Å². The number of carbonyl (C=O) groups excluding carboxylic acids is 1. The maximum atomic E-state index is 11.3. The average Bonchev–Trinajstić information content (AvgIpc) is 2.10. The van der Waals surface area contributed by atoms with Gasteiger partial charge in [-0.25, -0.2) is 0 Å². The molecular weight excluding hydrogens is 252 g/mol. The van der Waals surface area contributed by atoms with E-state index in [2.05, 4.69) is 44.0 Å². The van der Waals surface area contributed by atoms with Gasteiger partial charge in [0.2, 0.25) is 0 Å². The smallest absolute Gasteiger partial charge is 0.308 e. The van der Waals surface area contributed by atoms with Crippen LogP contribution in [0, 0.1) is 0 Å². The van der Waals surface area contributed by atoms with E-state index in [1.54, 1.807) is 0 Å². The molecule has 0 aromatic rings. The van der Waals surface area contributed by atoms with Crippen molar-refractivity contribution in [3.05, 3.63) is 0 Å². The highest BCUT2D eigenvalue weighted by Gasteiger charge is 2.26. The molecule has 1 unspecified atom stereocenters. The van der Waals surface area contributed by atoms with Crippen LogP contribution in [0.4, 0.5) is 0 Å². The third-order valence-electron chi connectivity index (χ3n) is 1.84. The molecular formula is C11H26O4Si2. The van der Waals surface area contributed by atoms with E-state index in [-0.39, 0.29) is 18.5 Å². The molecule has 0 spiro atoms. The lowest BCUT2D eigenvalue weighted by atomic mass is 10.3. The Kier molecular flexibility index (Phi) is 6.61. The predicted molar refractivity (Wildman–Crippen MR) is 74.2 cm³/mol. The zero-order chi connectivity index (χ0) is 13.7. The van der Waals surface area contributed by atoms with Gasteiger partial charge < -0.3 is 13.6 Å². The van der Waals surface area contributed by atoms with Crippen molar-refractivity contribution >= 4 is 22.6 Å². The summed E-state index contributed by atoms with van der Waals surface area (Å²) in [5.74, 6) is -0.243. The lowest BCUT2D eigenvalue weighted by Gasteiger charge is -2.28. The largest absolute Gasteiger partial charge is 0.469 e. The van der Waals surface area contributed by atoms with E-state index in [9.17, 15) is 4.79 Å². The molecule has 17 heavy (non-hydrogen) atoms. The van der Waals surface area contributed by atoms with E-state index in [4.69, 9.17) is 8.85 Å². The quantitative estimate of drug-likeness (QED) is 0.530. The second-order valence-corrected chi connectivity index (χ2v) is 15.0. The zero-order valence-electron chi connectivity index (χ0n) is 12.1. The maximum Gasteiger partial charge on any atom is 0.308 e. The van der Waals surface area contributed by atoms with Gasteiger partial charge in [0.1, 0.15) is 0 Å². The Morgan fingerprint density at radius 3 is 1.94 bits per heavy atom. The molecule has 6 heteroatoms. The van der Waals surface area contributed by atoms with Gasteiger partial charge in [-0.15, -0.1) is 0 Å². The topological polar surface area (TPSA) is 44.8 Å². The Morgan fingerprint density at radius 1 is 1.06 bits per heavy atom. The first-order chi connectivity index (χ1) is 7.53. The Morgan fingerprint density at radius 2 is 1.59 bits per heavy atom. The van der Waals surface area contributed by atoms with Crippen LogP contribution in [0.1, 0.15) is 6.42 Å². The number of carbonyl (C=O) groups is 1. The number of methoxy groups -OCH3 is 1. The third kappa shape index (κ3) is 10.7. The summed E-state index contributed by atoms with van der Waals surface area (Å²) in [4.78, 5) is 11.3. The monoisotopic (exact) mass is 278 g/mol. The summed E-state index contributed by atoms with van der Waals surface area (Å²) in [5.41, 5.74) is 0. The van der Waals surface area contributed by atoms with Crippen molar-refractivity contribution < 1.29 is 18.4 Å². The first kappa shape index (κ1) is 16.8. The first-order valence-corrected chi connectivity index (χ1v) is 12.7. The fraction of sp³-hybridized carbons (Fsp3) is 0.909. The normalized spacial score (nSPS) is 14.5. The van der Waals surface area contributed by atoms with Gasteiger partial charge in [0.25, 0.3) is 0 Å². The van der Waals surface area contributed by atoms with Crippen molar-refractivity contribution in [2.75, 3.05) is 13.7 Å². The maximum absolute atomic E-state index is 11.3. The minimum atomic E-state index is -1.67. The van der Waals surface area contributed by atoms with Crippen LogP contribution >= 0.6 is 0 Å². The van der Waals surface area contributed by atoms with Gasteiger partial charge in [0.15, 0.2) is 16.6 Å². The fourth-order valence-corrected chi connectivity index (χ4v) is 3.08. The summed E-state index contributed by atoms with van der Waals surface area (Å²) in [7, 11) is -1.85. The molecule has 0 fully saturated rings. The SMILES string of the molecule is COC(=O)CC(CO[Si](C)(C)C)O[Si](C)(C)C. The fourth-order valence-electron chi connectivity index (χ4n) is 1.25. The summed E-state index contributed by atoms with van der Waals surface area (Å²) >= 11 is 0. The molecule has 1 atom stereocenters. The molecule has 0 heterocycles. The number of hydrogen-bond donors (Lipinski definition) is 0. The van der Waals surface area contributed by atoms with Gasteiger partial charge in [0, 0.05) is 0 Å². The van der Waals surface area contributed by atoms with Crippen molar-refractivity contribution in [1.29, 1.82) is 0 Å². The highest BCUT2D eigenvalue weighted by atomic mass is 28.4. The minimum absolute atomic E-state index is 0.180. The number of esters is 1. The summed E-state index contributed by atoms with van der Waals surface area (Å²) < 4.78 is 16.4. The lowest BCUT2D eigenvalue weighted by molar-refractivity contribution is -0.143. The Labute approximate surface area is 107 Å². The molecule has 0 aliphatic carbocycles. The summed E-state index contributed by atoms with van der Waals surface area (Å²) in [6, 6.07) is 0. The van der Waals surface area contributed by atoms with Crippen molar-refractivity contribution in [1.82, 2.24) is 0 Å². The molecule has 0 amide bonds. The Bertz CT molecular complexity index is 243. The van der Waals surface area contributed by atoms with Crippen molar-refractivity contribution in [2.24, 2.45) is 0 Å². The van der Waals surface area contributed by atoms with E-state index in [0.717, 1.165) is 0 Å². The molecule has 0 N–H and O–H groups in total. The van der Waals surface area contributed by atoms with Gasteiger partial charge in [-0.2, -0.15) is 0 Å². The molecule has 0 aliphatic rings. The van der Waals surface area contributed by atoms with Gasteiger partial charge in [-0.05, 0) is 39.3 Å². The molecule has 0 rings (SSSR count). The molecule has 0 aromatic carbocycles. The molecule has 0 aromatic heterocycles. The Hall–Kier alpha value is -0.176. The van der Waals surface area contributed by atoms with E-state index < -0.39 is 16.6 Å². The van der Waals surface area contributed by atoms with Crippen molar-refractivity contribution in [3.63, 3.8) is 0 Å². The van der Waals surface area contributed by atoms with Gasteiger partial charge in [-0.3, -0.25) is 4.79 Å². The second kappa shape index (κ2) is 6.68. The first-order valence-electron chi connectivity index (χ1n) is 5.92. The van der Waals surface area contributed by atoms with Crippen LogP contribution in [0.2, 0.25) is 39.3 Å². The summed E-state index contributed by atoms with van der Waals surface area (Å²) in [6.07, 6.45) is 0.0893. The zero-order valence-corrected chi connectivity index (χ0v) is 14.1. The highest BCUT2D eigenvalue weighted by molar-refractivity contribution is 6.70. The van der Waals surface area contributed by atoms with E-state index in [1.165, 1.54) is 7.11 Å². The number of hydrogen-bond acceptors (Lipinski definition) is 4.